The van der Waals surface area contributed by atoms with Crippen molar-refractivity contribution in [1.29, 1.82) is 0 Å². The van der Waals surface area contributed by atoms with E-state index in [1.165, 1.54) is 35.7 Å². The van der Waals surface area contributed by atoms with Crippen LogP contribution in [0.3, 0.4) is 0 Å². The van der Waals surface area contributed by atoms with Crippen LogP contribution >= 0.6 is 12.6 Å². The summed E-state index contributed by atoms with van der Waals surface area (Å²) in [6.07, 6.45) is 5.68. The molecule has 2 aromatic rings. The summed E-state index contributed by atoms with van der Waals surface area (Å²) in [7, 11) is 0. The number of rotatable bonds is 3. The van der Waals surface area contributed by atoms with E-state index in [-0.39, 0.29) is 7.43 Å². The number of aromatic nitrogens is 1. The average Bonchev–Trinajstić information content (AvgIpc) is 2.74. The Morgan fingerprint density at radius 1 is 1.12 bits per heavy atom. The predicted octanol–water partition coefficient (Wildman–Crippen LogP) is 5.08. The van der Waals surface area contributed by atoms with Gasteiger partial charge in [0, 0.05) is 17.1 Å². The highest BCUT2D eigenvalue weighted by atomic mass is 32.1. The number of thiol groups is 1. The number of para-hydroxylation sites is 1. The van der Waals surface area contributed by atoms with Crippen LogP contribution in [0.1, 0.15) is 39.7 Å². The second kappa shape index (κ2) is 9.17. The van der Waals surface area contributed by atoms with Gasteiger partial charge >= 0.3 is 0 Å². The number of H-pyrrole nitrogens is 1. The van der Waals surface area contributed by atoms with E-state index in [0.717, 1.165) is 5.75 Å². The zero-order valence-electron chi connectivity index (χ0n) is 10.2. The topological polar surface area (TPSA) is 15.8 Å². The lowest BCUT2D eigenvalue weighted by molar-refractivity contribution is 0.929. The molecular formula is C15H25NS. The minimum atomic E-state index is 0. The highest BCUT2D eigenvalue weighted by Crippen LogP contribution is 2.18. The maximum atomic E-state index is 3.92. The van der Waals surface area contributed by atoms with Crippen LogP contribution in [0.25, 0.3) is 10.9 Å². The number of aromatic amines is 1. The molecule has 0 aliphatic heterocycles. The smallest absolute Gasteiger partial charge is 0.0456 e. The molecule has 0 radical (unpaired) electrons. The average molecular weight is 251 g/mol. The summed E-state index contributed by atoms with van der Waals surface area (Å²) in [4.78, 5) is 3.27. The van der Waals surface area contributed by atoms with E-state index in [2.05, 4.69) is 61.9 Å². The van der Waals surface area contributed by atoms with Crippen molar-refractivity contribution in [1.82, 2.24) is 4.98 Å². The van der Waals surface area contributed by atoms with Gasteiger partial charge in [-0.15, -0.1) is 0 Å². The van der Waals surface area contributed by atoms with Gasteiger partial charge in [-0.25, -0.2) is 0 Å². The van der Waals surface area contributed by atoms with Gasteiger partial charge in [-0.3, -0.25) is 0 Å². The van der Waals surface area contributed by atoms with Crippen LogP contribution in [0, 0.1) is 0 Å². The van der Waals surface area contributed by atoms with Gasteiger partial charge in [0.05, 0.1) is 0 Å². The first-order valence-corrected chi connectivity index (χ1v) is 6.62. The molecule has 0 aliphatic carbocycles. The van der Waals surface area contributed by atoms with Crippen molar-refractivity contribution in [2.45, 2.75) is 40.5 Å². The van der Waals surface area contributed by atoms with Crippen LogP contribution in [0.5, 0.6) is 0 Å². The van der Waals surface area contributed by atoms with Crippen molar-refractivity contribution in [2.75, 3.05) is 5.75 Å². The highest BCUT2D eigenvalue weighted by molar-refractivity contribution is 7.80. The summed E-state index contributed by atoms with van der Waals surface area (Å²) in [5.74, 6) is 1.01. The van der Waals surface area contributed by atoms with Crippen molar-refractivity contribution in [3.05, 3.63) is 36.0 Å². The fourth-order valence-electron chi connectivity index (χ4n) is 1.61. The van der Waals surface area contributed by atoms with Crippen molar-refractivity contribution in [2.24, 2.45) is 0 Å². The lowest BCUT2D eigenvalue weighted by atomic mass is 10.1. The van der Waals surface area contributed by atoms with Gasteiger partial charge in [-0.2, -0.15) is 12.6 Å². The molecule has 0 saturated carbocycles. The Kier molecular flexibility index (Phi) is 8.69. The van der Waals surface area contributed by atoms with Crippen LogP contribution in [-0.4, -0.2) is 10.7 Å². The number of hydrogen-bond donors (Lipinski definition) is 2. The molecule has 0 aliphatic rings. The summed E-state index contributed by atoms with van der Waals surface area (Å²) in [6.45, 7) is 4.31. The Labute approximate surface area is 111 Å². The molecular weight excluding hydrogens is 226 g/mol. The Bertz CT molecular complexity index is 404. The summed E-state index contributed by atoms with van der Waals surface area (Å²) in [5.41, 5.74) is 2.69. The normalized spacial score (nSPS) is 9.35. The largest absolute Gasteiger partial charge is 0.361 e. The van der Waals surface area contributed by atoms with E-state index in [9.17, 15) is 0 Å². The van der Waals surface area contributed by atoms with Crippen LogP contribution in [-0.2, 0) is 6.42 Å². The first-order chi connectivity index (χ1) is 7.83. The molecule has 0 bridgehead atoms. The summed E-state index contributed by atoms with van der Waals surface area (Å²) in [6, 6.07) is 8.45. The third kappa shape index (κ3) is 4.86. The van der Waals surface area contributed by atoms with E-state index >= 15 is 0 Å². The molecule has 1 heterocycles. The molecule has 0 saturated heterocycles. The molecule has 1 aromatic heterocycles. The first kappa shape index (κ1) is 16.1. The molecule has 0 spiro atoms. The first-order valence-electron chi connectivity index (χ1n) is 5.99. The summed E-state index contributed by atoms with van der Waals surface area (Å²) in [5, 5.41) is 1.37. The quantitative estimate of drug-likeness (QED) is 0.707. The maximum absolute atomic E-state index is 3.92. The molecule has 1 N–H and O–H groups in total. The molecule has 1 nitrogen and oxygen atoms in total. The van der Waals surface area contributed by atoms with Crippen LogP contribution in [0.4, 0.5) is 0 Å². The van der Waals surface area contributed by atoms with Gasteiger partial charge in [0.15, 0.2) is 0 Å². The van der Waals surface area contributed by atoms with E-state index in [1.807, 2.05) is 0 Å². The molecule has 0 atom stereocenters. The lowest BCUT2D eigenvalue weighted by Gasteiger charge is -1.93. The van der Waals surface area contributed by atoms with E-state index in [0.29, 0.717) is 0 Å². The van der Waals surface area contributed by atoms with Crippen LogP contribution in [0.2, 0.25) is 0 Å². The number of hydrogen-bond acceptors (Lipinski definition) is 1. The molecule has 2 rings (SSSR count). The lowest BCUT2D eigenvalue weighted by Crippen LogP contribution is -1.77. The number of nitrogens with one attached hydrogen (secondary N) is 1. The van der Waals surface area contributed by atoms with Crippen molar-refractivity contribution in [3.63, 3.8) is 0 Å². The van der Waals surface area contributed by atoms with Crippen molar-refractivity contribution in [3.8, 4) is 0 Å². The van der Waals surface area contributed by atoms with Gasteiger partial charge in [-0.05, 0) is 30.2 Å². The molecule has 0 unspecified atom stereocenters. The zero-order chi connectivity index (χ0) is 11.8. The summed E-state index contributed by atoms with van der Waals surface area (Å²) >= 11 is 3.92. The fraction of sp³-hybridized carbons (Fsp3) is 0.467. The Hall–Kier alpha value is -0.890. The standard InChI is InChI=1S/C11H13N.C3H8S.CH4/c1-2-5-9-8-12-11-7-4-3-6-10(9)11;1-2-3-4;/h3-4,6-8,12H,2,5H2,1H3;4H,2-3H2,1H3;1H4. The van der Waals surface area contributed by atoms with E-state index in [1.54, 1.807) is 0 Å². The monoisotopic (exact) mass is 251 g/mol. The Morgan fingerprint density at radius 3 is 2.35 bits per heavy atom. The maximum Gasteiger partial charge on any atom is 0.0456 e. The minimum absolute atomic E-state index is 0. The number of fused-ring (bicyclic) bond motifs is 1. The Morgan fingerprint density at radius 2 is 1.76 bits per heavy atom. The number of benzene rings is 1. The van der Waals surface area contributed by atoms with Gasteiger partial charge in [0.1, 0.15) is 0 Å². The zero-order valence-corrected chi connectivity index (χ0v) is 11.1. The van der Waals surface area contributed by atoms with Crippen LogP contribution in [0.15, 0.2) is 30.5 Å². The highest BCUT2D eigenvalue weighted by Gasteiger charge is 1.99. The second-order valence-corrected chi connectivity index (χ2v) is 4.28. The number of aryl methyl sites for hydroxylation is 1. The third-order valence-electron chi connectivity index (χ3n) is 2.42. The van der Waals surface area contributed by atoms with Gasteiger partial charge in [0.2, 0.25) is 0 Å². The van der Waals surface area contributed by atoms with Crippen LogP contribution < -0.4 is 0 Å². The molecule has 0 amide bonds. The molecule has 96 valence electrons. The van der Waals surface area contributed by atoms with Gasteiger partial charge in [-0.1, -0.05) is 45.9 Å². The predicted molar refractivity (Wildman–Crippen MR) is 83.2 cm³/mol. The molecule has 1 aromatic carbocycles. The molecule has 17 heavy (non-hydrogen) atoms. The minimum Gasteiger partial charge on any atom is -0.361 e. The van der Waals surface area contributed by atoms with Gasteiger partial charge in [0.25, 0.3) is 0 Å². The second-order valence-electron chi connectivity index (χ2n) is 3.83. The van der Waals surface area contributed by atoms with Crippen molar-refractivity contribution < 1.29 is 0 Å². The molecule has 2 heteroatoms. The van der Waals surface area contributed by atoms with E-state index < -0.39 is 0 Å². The van der Waals surface area contributed by atoms with Gasteiger partial charge < -0.3 is 4.98 Å². The van der Waals surface area contributed by atoms with Crippen molar-refractivity contribution >= 4 is 23.5 Å². The third-order valence-corrected chi connectivity index (χ3v) is 2.87. The SMILES string of the molecule is C.CCCS.CCCc1c[nH]c2ccccc12. The fourth-order valence-corrected chi connectivity index (χ4v) is 1.61. The Balaban J connectivity index is 0.000000453. The molecule has 0 fully saturated rings. The van der Waals surface area contributed by atoms with E-state index in [4.69, 9.17) is 0 Å². The summed E-state index contributed by atoms with van der Waals surface area (Å²) < 4.78 is 0.